The minimum absolute atomic E-state index is 0.0722. The molecule has 3 nitrogen and oxygen atoms in total. The number of para-hydroxylation sites is 2. The second-order valence-electron chi connectivity index (χ2n) is 7.72. The Bertz CT molecular complexity index is 931. The van der Waals surface area contributed by atoms with Gasteiger partial charge in [0.2, 0.25) is 0 Å². The molecule has 0 saturated heterocycles. The van der Waals surface area contributed by atoms with Gasteiger partial charge >= 0.3 is 0 Å². The average Bonchev–Trinajstić information content (AvgIpc) is 2.95. The highest BCUT2D eigenvalue weighted by Gasteiger charge is 2.25. The lowest BCUT2D eigenvalue weighted by Gasteiger charge is -2.22. The number of hydrogen-bond acceptors (Lipinski definition) is 1. The number of nitrogens with one attached hydrogen (secondary N) is 1. The topological polar surface area (TPSA) is 34.0 Å². The smallest absolute Gasteiger partial charge is 0.257 e. The fourth-order valence-corrected chi connectivity index (χ4v) is 3.20. The zero-order chi connectivity index (χ0) is 18.9. The van der Waals surface area contributed by atoms with Crippen molar-refractivity contribution in [2.45, 2.75) is 40.0 Å². The number of rotatable bonds is 3. The van der Waals surface area contributed by atoms with Crippen molar-refractivity contribution < 1.29 is 4.79 Å². The van der Waals surface area contributed by atoms with Crippen LogP contribution in [0.25, 0.3) is 5.69 Å². The van der Waals surface area contributed by atoms with E-state index >= 15 is 0 Å². The molecular formula is C23H26N2O. The molecule has 2 aromatic carbocycles. The van der Waals surface area contributed by atoms with Crippen LogP contribution in [-0.4, -0.2) is 10.5 Å². The Morgan fingerprint density at radius 1 is 0.923 bits per heavy atom. The molecule has 1 aromatic heterocycles. The molecule has 0 aliphatic heterocycles. The second-order valence-corrected chi connectivity index (χ2v) is 7.72. The molecule has 0 spiro atoms. The van der Waals surface area contributed by atoms with Gasteiger partial charge in [0.1, 0.15) is 0 Å². The van der Waals surface area contributed by atoms with Gasteiger partial charge in [0.05, 0.1) is 5.56 Å². The molecule has 26 heavy (non-hydrogen) atoms. The standard InChI is InChI=1S/C23H26N2O/c1-16-11-9-10-14-20(16)24-22(26)19-15-21(23(3,4)5)25(17(19)2)18-12-7-6-8-13-18/h6-15H,1-5H3,(H,24,26). The molecule has 0 saturated carbocycles. The summed E-state index contributed by atoms with van der Waals surface area (Å²) in [5.74, 6) is -0.0722. The lowest BCUT2D eigenvalue weighted by molar-refractivity contribution is 0.102. The summed E-state index contributed by atoms with van der Waals surface area (Å²) in [6, 6.07) is 20.1. The Labute approximate surface area is 155 Å². The number of aryl methyl sites for hydroxylation is 1. The highest BCUT2D eigenvalue weighted by atomic mass is 16.1. The van der Waals surface area contributed by atoms with Crippen LogP contribution in [0.1, 0.15) is 48.1 Å². The summed E-state index contributed by atoms with van der Waals surface area (Å²) in [6.07, 6.45) is 0. The maximum absolute atomic E-state index is 13.0. The van der Waals surface area contributed by atoms with Crippen molar-refractivity contribution in [3.8, 4) is 5.69 Å². The monoisotopic (exact) mass is 346 g/mol. The molecule has 0 bridgehead atoms. The molecule has 0 aliphatic carbocycles. The zero-order valence-electron chi connectivity index (χ0n) is 16.1. The summed E-state index contributed by atoms with van der Waals surface area (Å²) in [6.45, 7) is 10.5. The van der Waals surface area contributed by atoms with Crippen molar-refractivity contribution in [2.24, 2.45) is 0 Å². The van der Waals surface area contributed by atoms with E-state index in [2.05, 4.69) is 42.8 Å². The van der Waals surface area contributed by atoms with Gasteiger partial charge in [-0.15, -0.1) is 0 Å². The molecule has 3 aromatic rings. The average molecular weight is 346 g/mol. The maximum Gasteiger partial charge on any atom is 0.257 e. The van der Waals surface area contributed by atoms with Crippen LogP contribution in [0, 0.1) is 13.8 Å². The second kappa shape index (κ2) is 6.83. The summed E-state index contributed by atoms with van der Waals surface area (Å²) in [5, 5.41) is 3.06. The first-order valence-corrected chi connectivity index (χ1v) is 8.94. The first-order chi connectivity index (χ1) is 12.3. The number of anilines is 1. The number of aromatic nitrogens is 1. The molecule has 0 radical (unpaired) electrons. The van der Waals surface area contributed by atoms with E-state index in [4.69, 9.17) is 0 Å². The Morgan fingerprint density at radius 3 is 2.15 bits per heavy atom. The van der Waals surface area contributed by atoms with E-state index in [1.807, 2.05) is 62.4 Å². The van der Waals surface area contributed by atoms with Crippen LogP contribution in [-0.2, 0) is 5.41 Å². The number of carbonyl (C=O) groups excluding carboxylic acids is 1. The number of amides is 1. The molecule has 1 heterocycles. The molecule has 3 heteroatoms. The molecule has 1 amide bonds. The quantitative estimate of drug-likeness (QED) is 0.654. The third kappa shape index (κ3) is 3.43. The van der Waals surface area contributed by atoms with E-state index in [1.54, 1.807) is 0 Å². The third-order valence-electron chi connectivity index (χ3n) is 4.67. The van der Waals surface area contributed by atoms with Gasteiger partial charge in [-0.2, -0.15) is 0 Å². The van der Waals surface area contributed by atoms with E-state index in [0.717, 1.165) is 28.3 Å². The van der Waals surface area contributed by atoms with Gasteiger partial charge in [0.15, 0.2) is 0 Å². The van der Waals surface area contributed by atoms with Gasteiger partial charge in [-0.3, -0.25) is 4.79 Å². The van der Waals surface area contributed by atoms with Gasteiger partial charge in [0, 0.05) is 28.2 Å². The third-order valence-corrected chi connectivity index (χ3v) is 4.67. The van der Waals surface area contributed by atoms with Crippen molar-refractivity contribution in [1.29, 1.82) is 0 Å². The van der Waals surface area contributed by atoms with Crippen LogP contribution in [0.3, 0.4) is 0 Å². The maximum atomic E-state index is 13.0. The van der Waals surface area contributed by atoms with E-state index in [9.17, 15) is 4.79 Å². The molecule has 0 unspecified atom stereocenters. The van der Waals surface area contributed by atoms with E-state index in [-0.39, 0.29) is 11.3 Å². The highest BCUT2D eigenvalue weighted by Crippen LogP contribution is 2.31. The van der Waals surface area contributed by atoms with Crippen LogP contribution < -0.4 is 5.32 Å². The predicted octanol–water partition coefficient (Wildman–Crippen LogP) is 5.64. The van der Waals surface area contributed by atoms with Crippen LogP contribution >= 0.6 is 0 Å². The van der Waals surface area contributed by atoms with Gasteiger partial charge < -0.3 is 9.88 Å². The van der Waals surface area contributed by atoms with Gasteiger partial charge in [-0.25, -0.2) is 0 Å². The van der Waals surface area contributed by atoms with Crippen molar-refractivity contribution >= 4 is 11.6 Å². The Morgan fingerprint density at radius 2 is 1.54 bits per heavy atom. The first kappa shape index (κ1) is 18.0. The summed E-state index contributed by atoms with van der Waals surface area (Å²) in [5.41, 5.74) is 5.68. The lowest BCUT2D eigenvalue weighted by atomic mass is 9.91. The van der Waals surface area contributed by atoms with Crippen LogP contribution in [0.15, 0.2) is 60.7 Å². The molecular weight excluding hydrogens is 320 g/mol. The minimum Gasteiger partial charge on any atom is -0.322 e. The van der Waals surface area contributed by atoms with Crippen LogP contribution in [0.5, 0.6) is 0 Å². The van der Waals surface area contributed by atoms with E-state index in [0.29, 0.717) is 5.56 Å². The first-order valence-electron chi connectivity index (χ1n) is 8.94. The lowest BCUT2D eigenvalue weighted by Crippen LogP contribution is -2.17. The van der Waals surface area contributed by atoms with Gasteiger partial charge in [-0.1, -0.05) is 57.2 Å². The van der Waals surface area contributed by atoms with Crippen LogP contribution in [0.4, 0.5) is 5.69 Å². The van der Waals surface area contributed by atoms with Crippen LogP contribution in [0.2, 0.25) is 0 Å². The van der Waals surface area contributed by atoms with Crippen molar-refractivity contribution in [3.05, 3.63) is 83.2 Å². The van der Waals surface area contributed by atoms with Crippen molar-refractivity contribution in [1.82, 2.24) is 4.57 Å². The van der Waals surface area contributed by atoms with Gasteiger partial charge in [0.25, 0.3) is 5.91 Å². The minimum atomic E-state index is -0.0816. The van der Waals surface area contributed by atoms with Gasteiger partial charge in [-0.05, 0) is 43.7 Å². The predicted molar refractivity (Wildman–Crippen MR) is 108 cm³/mol. The van der Waals surface area contributed by atoms with Crippen molar-refractivity contribution in [2.75, 3.05) is 5.32 Å². The Hall–Kier alpha value is -2.81. The molecule has 0 fully saturated rings. The number of nitrogens with zero attached hydrogens (tertiary/aromatic N) is 1. The zero-order valence-corrected chi connectivity index (χ0v) is 16.1. The highest BCUT2D eigenvalue weighted by molar-refractivity contribution is 6.05. The summed E-state index contributed by atoms with van der Waals surface area (Å²) in [7, 11) is 0. The SMILES string of the molecule is Cc1ccccc1NC(=O)c1cc(C(C)(C)C)n(-c2ccccc2)c1C. The fraction of sp³-hybridized carbons (Fsp3) is 0.261. The molecule has 3 rings (SSSR count). The molecule has 134 valence electrons. The largest absolute Gasteiger partial charge is 0.322 e. The number of benzene rings is 2. The number of carbonyl (C=O) groups is 1. The van der Waals surface area contributed by atoms with E-state index in [1.165, 1.54) is 0 Å². The molecule has 1 N–H and O–H groups in total. The molecule has 0 atom stereocenters. The number of hydrogen-bond donors (Lipinski definition) is 1. The van der Waals surface area contributed by atoms with E-state index < -0.39 is 0 Å². The Kier molecular flexibility index (Phi) is 4.73. The Balaban J connectivity index is 2.07. The summed E-state index contributed by atoms with van der Waals surface area (Å²) >= 11 is 0. The van der Waals surface area contributed by atoms with Crippen molar-refractivity contribution in [3.63, 3.8) is 0 Å². The normalized spacial score (nSPS) is 11.4. The summed E-state index contributed by atoms with van der Waals surface area (Å²) in [4.78, 5) is 13.0. The summed E-state index contributed by atoms with van der Waals surface area (Å²) < 4.78 is 2.19. The fourth-order valence-electron chi connectivity index (χ4n) is 3.20. The molecule has 0 aliphatic rings.